The normalized spacial score (nSPS) is 23.5. The topological polar surface area (TPSA) is 35.5 Å². The van der Waals surface area contributed by atoms with E-state index in [1.807, 2.05) is 0 Å². The molecule has 1 aliphatic heterocycles. The van der Waals surface area contributed by atoms with E-state index in [0.717, 1.165) is 0 Å². The maximum Gasteiger partial charge on any atom is 0.197 e. The van der Waals surface area contributed by atoms with Crippen molar-refractivity contribution in [2.75, 3.05) is 0 Å². The lowest BCUT2D eigenvalue weighted by Gasteiger charge is -2.24. The molecule has 10 heavy (non-hydrogen) atoms. The Morgan fingerprint density at radius 1 is 1.50 bits per heavy atom. The lowest BCUT2D eigenvalue weighted by Crippen LogP contribution is -2.37. The van der Waals surface area contributed by atoms with Crippen molar-refractivity contribution in [1.82, 2.24) is 0 Å². The molecule has 56 valence electrons. The Bertz CT molecular complexity index is 191. The first-order valence-corrected chi connectivity index (χ1v) is 3.10. The highest BCUT2D eigenvalue weighted by Crippen LogP contribution is 2.20. The molecule has 0 radical (unpaired) electrons. The Morgan fingerprint density at radius 3 is 2.50 bits per heavy atom. The number of rotatable bonds is 0. The second-order valence-electron chi connectivity index (χ2n) is 2.82. The number of hydrogen-bond acceptors (Lipinski definition) is 3. The highest BCUT2D eigenvalue weighted by atomic mass is 17.2. The van der Waals surface area contributed by atoms with E-state index in [4.69, 9.17) is 4.89 Å². The molecule has 0 aromatic carbocycles. The number of ketones is 1. The molecule has 0 bridgehead atoms. The van der Waals surface area contributed by atoms with E-state index in [0.29, 0.717) is 5.57 Å². The molecule has 1 aliphatic rings. The molecule has 0 fully saturated rings. The number of carbonyl (C=O) groups is 1. The van der Waals surface area contributed by atoms with E-state index < -0.39 is 5.60 Å². The van der Waals surface area contributed by atoms with E-state index >= 15 is 0 Å². The Labute approximate surface area is 59.6 Å². The molecule has 0 amide bonds. The molecular weight excluding hydrogens is 132 g/mol. The van der Waals surface area contributed by atoms with Crippen molar-refractivity contribution in [2.45, 2.75) is 26.4 Å². The van der Waals surface area contributed by atoms with Gasteiger partial charge < -0.3 is 4.89 Å². The van der Waals surface area contributed by atoms with Gasteiger partial charge in [0.25, 0.3) is 0 Å². The van der Waals surface area contributed by atoms with Crippen LogP contribution in [0.2, 0.25) is 0 Å². The first kappa shape index (κ1) is 7.28. The molecular formula is C7H10O3. The average molecular weight is 142 g/mol. The summed E-state index contributed by atoms with van der Waals surface area (Å²) in [6.45, 7) is 5.05. The molecule has 3 heteroatoms. The molecule has 0 saturated carbocycles. The van der Waals surface area contributed by atoms with Gasteiger partial charge in [-0.2, -0.15) is 4.89 Å². The minimum absolute atomic E-state index is 0.0289. The summed E-state index contributed by atoms with van der Waals surface area (Å²) in [7, 11) is 0. The number of hydrogen-bond donors (Lipinski definition) is 0. The Kier molecular flexibility index (Phi) is 1.52. The van der Waals surface area contributed by atoms with Crippen LogP contribution < -0.4 is 0 Å². The summed E-state index contributed by atoms with van der Waals surface area (Å²) in [6, 6.07) is 0. The van der Waals surface area contributed by atoms with Crippen molar-refractivity contribution < 1.29 is 14.6 Å². The van der Waals surface area contributed by atoms with Gasteiger partial charge >= 0.3 is 0 Å². The number of Topliss-reactive ketones (excluding diaryl/α,β-unsaturated/α-hetero) is 1. The van der Waals surface area contributed by atoms with Crippen LogP contribution in [-0.2, 0) is 14.6 Å². The predicted molar refractivity (Wildman–Crippen MR) is 35.0 cm³/mol. The minimum Gasteiger partial charge on any atom is -0.344 e. The van der Waals surface area contributed by atoms with E-state index in [2.05, 4.69) is 4.89 Å². The van der Waals surface area contributed by atoms with Crippen LogP contribution in [0.25, 0.3) is 0 Å². The average Bonchev–Trinajstić information content (AvgIpc) is 1.83. The second-order valence-corrected chi connectivity index (χ2v) is 2.82. The Hall–Kier alpha value is -0.830. The summed E-state index contributed by atoms with van der Waals surface area (Å²) in [5.41, 5.74) is -0.227. The van der Waals surface area contributed by atoms with Crippen LogP contribution in [0.15, 0.2) is 11.8 Å². The van der Waals surface area contributed by atoms with Crippen LogP contribution in [0.5, 0.6) is 0 Å². The van der Waals surface area contributed by atoms with Crippen molar-refractivity contribution in [2.24, 2.45) is 0 Å². The van der Waals surface area contributed by atoms with Gasteiger partial charge in [-0.15, -0.1) is 0 Å². The zero-order valence-corrected chi connectivity index (χ0v) is 6.30. The smallest absolute Gasteiger partial charge is 0.197 e. The summed E-state index contributed by atoms with van der Waals surface area (Å²) in [4.78, 5) is 20.5. The van der Waals surface area contributed by atoms with Crippen molar-refractivity contribution in [1.29, 1.82) is 0 Å². The number of carbonyl (C=O) groups excluding carboxylic acids is 1. The molecule has 0 aromatic rings. The SMILES string of the molecule is CC1=COOC(C)(C)C1=O. The van der Waals surface area contributed by atoms with Gasteiger partial charge in [0.1, 0.15) is 6.26 Å². The molecule has 3 nitrogen and oxygen atoms in total. The van der Waals surface area contributed by atoms with E-state index in [-0.39, 0.29) is 5.78 Å². The standard InChI is InChI=1S/C7H10O3/c1-5-4-9-10-7(2,3)6(5)8/h4H,1-3H3. The molecule has 0 saturated heterocycles. The third kappa shape index (κ3) is 1.04. The summed E-state index contributed by atoms with van der Waals surface area (Å²) in [5, 5.41) is 0. The molecule has 0 N–H and O–H groups in total. The fourth-order valence-electron chi connectivity index (χ4n) is 0.783. The zero-order valence-electron chi connectivity index (χ0n) is 6.30. The van der Waals surface area contributed by atoms with Crippen LogP contribution >= 0.6 is 0 Å². The quantitative estimate of drug-likeness (QED) is 0.477. The van der Waals surface area contributed by atoms with Crippen molar-refractivity contribution in [3.05, 3.63) is 11.8 Å². The van der Waals surface area contributed by atoms with Gasteiger partial charge in [0.05, 0.1) is 0 Å². The lowest BCUT2D eigenvalue weighted by molar-refractivity contribution is -0.310. The molecule has 0 unspecified atom stereocenters. The first-order chi connectivity index (χ1) is 4.54. The molecule has 1 rings (SSSR count). The monoisotopic (exact) mass is 142 g/mol. The fourth-order valence-corrected chi connectivity index (χ4v) is 0.783. The van der Waals surface area contributed by atoms with Crippen LogP contribution in [0, 0.1) is 0 Å². The molecule has 0 aliphatic carbocycles. The third-order valence-electron chi connectivity index (χ3n) is 1.39. The molecule has 1 heterocycles. The summed E-state index contributed by atoms with van der Waals surface area (Å²) in [6.07, 6.45) is 1.31. The largest absolute Gasteiger partial charge is 0.344 e. The van der Waals surface area contributed by atoms with E-state index in [9.17, 15) is 4.79 Å². The maximum atomic E-state index is 11.2. The highest BCUT2D eigenvalue weighted by molar-refractivity contribution is 6.00. The lowest BCUT2D eigenvalue weighted by atomic mass is 9.98. The van der Waals surface area contributed by atoms with Gasteiger partial charge in [-0.05, 0) is 20.8 Å². The van der Waals surface area contributed by atoms with Gasteiger partial charge in [0.15, 0.2) is 11.4 Å². The summed E-state index contributed by atoms with van der Waals surface area (Å²) in [5.74, 6) is -0.0289. The predicted octanol–water partition coefficient (Wildman–Crippen LogP) is 1.20. The zero-order chi connectivity index (χ0) is 7.78. The van der Waals surface area contributed by atoms with Gasteiger partial charge in [-0.25, -0.2) is 0 Å². The van der Waals surface area contributed by atoms with Gasteiger partial charge in [-0.3, -0.25) is 4.79 Å². The second kappa shape index (κ2) is 2.09. The van der Waals surface area contributed by atoms with Crippen LogP contribution in [0.3, 0.4) is 0 Å². The van der Waals surface area contributed by atoms with Crippen molar-refractivity contribution in [3.8, 4) is 0 Å². The third-order valence-corrected chi connectivity index (χ3v) is 1.39. The molecule has 0 atom stereocenters. The van der Waals surface area contributed by atoms with Gasteiger partial charge in [0.2, 0.25) is 0 Å². The minimum atomic E-state index is -0.821. The van der Waals surface area contributed by atoms with Crippen LogP contribution in [0.4, 0.5) is 0 Å². The van der Waals surface area contributed by atoms with Crippen LogP contribution in [0.1, 0.15) is 20.8 Å². The van der Waals surface area contributed by atoms with Crippen LogP contribution in [-0.4, -0.2) is 11.4 Å². The Balaban J connectivity index is 2.89. The van der Waals surface area contributed by atoms with Gasteiger partial charge in [0, 0.05) is 5.57 Å². The summed E-state index contributed by atoms with van der Waals surface area (Å²) >= 11 is 0. The van der Waals surface area contributed by atoms with Crippen molar-refractivity contribution in [3.63, 3.8) is 0 Å². The molecule has 0 spiro atoms. The summed E-state index contributed by atoms with van der Waals surface area (Å²) < 4.78 is 0. The van der Waals surface area contributed by atoms with E-state index in [1.54, 1.807) is 20.8 Å². The van der Waals surface area contributed by atoms with Gasteiger partial charge in [-0.1, -0.05) is 0 Å². The fraction of sp³-hybridized carbons (Fsp3) is 0.571. The molecule has 0 aromatic heterocycles. The highest BCUT2D eigenvalue weighted by Gasteiger charge is 2.34. The first-order valence-electron chi connectivity index (χ1n) is 3.10. The van der Waals surface area contributed by atoms with E-state index in [1.165, 1.54) is 6.26 Å². The Morgan fingerprint density at radius 2 is 2.10 bits per heavy atom. The van der Waals surface area contributed by atoms with Crippen molar-refractivity contribution >= 4 is 5.78 Å². The maximum absolute atomic E-state index is 11.2.